The minimum Gasteiger partial charge on any atom is -0.341 e. The van der Waals surface area contributed by atoms with Crippen LogP contribution in [0.15, 0.2) is 30.5 Å². The van der Waals surface area contributed by atoms with Crippen LogP contribution in [0.5, 0.6) is 0 Å². The van der Waals surface area contributed by atoms with Crippen LogP contribution < -0.4 is 10.2 Å². The molecule has 120 valence electrons. The van der Waals surface area contributed by atoms with Gasteiger partial charge in [0.1, 0.15) is 11.5 Å². The Balaban J connectivity index is 1.75. The zero-order chi connectivity index (χ0) is 16.2. The summed E-state index contributed by atoms with van der Waals surface area (Å²) in [4.78, 5) is 22.9. The lowest BCUT2D eigenvalue weighted by Crippen LogP contribution is -2.31. The summed E-state index contributed by atoms with van der Waals surface area (Å²) in [7, 11) is 0. The average molecular weight is 335 g/mol. The Labute approximate surface area is 138 Å². The van der Waals surface area contributed by atoms with Gasteiger partial charge < -0.3 is 10.2 Å². The number of hydrogen-bond acceptors (Lipinski definition) is 4. The maximum atomic E-state index is 13.1. The fourth-order valence-electron chi connectivity index (χ4n) is 2.49. The smallest absolute Gasteiger partial charge is 0.274 e. The number of piperidine rings is 1. The first-order valence-corrected chi connectivity index (χ1v) is 7.86. The molecule has 0 bridgehead atoms. The highest BCUT2D eigenvalue weighted by Crippen LogP contribution is 2.20. The second-order valence-corrected chi connectivity index (χ2v) is 5.78. The Morgan fingerprint density at radius 3 is 2.74 bits per heavy atom. The third-order valence-corrected chi connectivity index (χ3v) is 3.98. The monoisotopic (exact) mass is 334 g/mol. The maximum Gasteiger partial charge on any atom is 0.274 e. The number of rotatable bonds is 3. The van der Waals surface area contributed by atoms with Gasteiger partial charge in [-0.05, 0) is 43.5 Å². The molecule has 1 aliphatic heterocycles. The van der Waals surface area contributed by atoms with E-state index < -0.39 is 5.82 Å². The molecule has 0 radical (unpaired) electrons. The van der Waals surface area contributed by atoms with E-state index in [0.717, 1.165) is 25.9 Å². The van der Waals surface area contributed by atoms with Gasteiger partial charge in [-0.3, -0.25) is 4.79 Å². The van der Waals surface area contributed by atoms with E-state index in [1.165, 1.54) is 24.6 Å². The van der Waals surface area contributed by atoms with E-state index in [-0.39, 0.29) is 16.6 Å². The molecule has 1 aromatic heterocycles. The second-order valence-electron chi connectivity index (χ2n) is 5.37. The van der Waals surface area contributed by atoms with Crippen molar-refractivity contribution in [2.24, 2.45) is 0 Å². The number of halogens is 2. The Kier molecular flexibility index (Phi) is 4.71. The van der Waals surface area contributed by atoms with E-state index in [1.54, 1.807) is 12.3 Å². The minimum absolute atomic E-state index is 0.0421. The summed E-state index contributed by atoms with van der Waals surface area (Å²) < 4.78 is 13.1. The van der Waals surface area contributed by atoms with E-state index in [4.69, 9.17) is 11.6 Å². The van der Waals surface area contributed by atoms with Crippen molar-refractivity contribution in [3.63, 3.8) is 0 Å². The van der Waals surface area contributed by atoms with Gasteiger partial charge >= 0.3 is 0 Å². The van der Waals surface area contributed by atoms with Crippen LogP contribution >= 0.6 is 11.6 Å². The molecule has 0 atom stereocenters. The van der Waals surface area contributed by atoms with Crippen LogP contribution in [-0.4, -0.2) is 29.0 Å². The van der Waals surface area contributed by atoms with E-state index >= 15 is 0 Å². The van der Waals surface area contributed by atoms with Crippen LogP contribution in [0.3, 0.4) is 0 Å². The molecule has 23 heavy (non-hydrogen) atoms. The zero-order valence-electron chi connectivity index (χ0n) is 12.4. The molecule has 1 fully saturated rings. The highest BCUT2D eigenvalue weighted by Gasteiger charge is 2.16. The molecule has 7 heteroatoms. The largest absolute Gasteiger partial charge is 0.341 e. The highest BCUT2D eigenvalue weighted by atomic mass is 35.5. The molecule has 1 saturated heterocycles. The van der Waals surface area contributed by atoms with Gasteiger partial charge in [-0.15, -0.1) is 0 Å². The lowest BCUT2D eigenvalue weighted by Gasteiger charge is -2.26. The normalized spacial score (nSPS) is 14.6. The number of aromatic nitrogens is 2. The summed E-state index contributed by atoms with van der Waals surface area (Å²) in [5.41, 5.74) is 0.681. The number of anilines is 2. The van der Waals surface area contributed by atoms with Crippen molar-refractivity contribution in [3.05, 3.63) is 47.0 Å². The zero-order valence-corrected chi connectivity index (χ0v) is 13.2. The molecule has 0 aliphatic carbocycles. The van der Waals surface area contributed by atoms with Crippen LogP contribution in [0.2, 0.25) is 5.02 Å². The molecule has 1 aromatic carbocycles. The molecule has 0 saturated carbocycles. The van der Waals surface area contributed by atoms with Gasteiger partial charge in [0.05, 0.1) is 5.02 Å². The average Bonchev–Trinajstić information content (AvgIpc) is 2.59. The van der Waals surface area contributed by atoms with E-state index in [9.17, 15) is 9.18 Å². The van der Waals surface area contributed by atoms with Gasteiger partial charge in [0.2, 0.25) is 5.95 Å². The predicted molar refractivity (Wildman–Crippen MR) is 87.5 cm³/mol. The highest BCUT2D eigenvalue weighted by molar-refractivity contribution is 6.31. The van der Waals surface area contributed by atoms with Crippen molar-refractivity contribution in [1.29, 1.82) is 0 Å². The number of benzene rings is 1. The molecule has 0 spiro atoms. The van der Waals surface area contributed by atoms with Crippen molar-refractivity contribution < 1.29 is 9.18 Å². The van der Waals surface area contributed by atoms with Gasteiger partial charge in [0.25, 0.3) is 5.91 Å². The van der Waals surface area contributed by atoms with Crippen molar-refractivity contribution in [1.82, 2.24) is 9.97 Å². The van der Waals surface area contributed by atoms with Crippen LogP contribution in [0.1, 0.15) is 29.8 Å². The number of carbonyl (C=O) groups excluding carboxylic acids is 1. The van der Waals surface area contributed by atoms with Crippen LogP contribution in [0.4, 0.5) is 16.0 Å². The van der Waals surface area contributed by atoms with Crippen LogP contribution in [0, 0.1) is 5.82 Å². The van der Waals surface area contributed by atoms with Gasteiger partial charge in [-0.1, -0.05) is 11.6 Å². The van der Waals surface area contributed by atoms with Crippen LogP contribution in [0.25, 0.3) is 0 Å². The van der Waals surface area contributed by atoms with Crippen molar-refractivity contribution in [2.75, 3.05) is 23.3 Å². The first-order chi connectivity index (χ1) is 11.1. The Hall–Kier alpha value is -2.21. The molecule has 2 aromatic rings. The minimum atomic E-state index is -0.529. The Morgan fingerprint density at radius 1 is 1.22 bits per heavy atom. The van der Waals surface area contributed by atoms with Crippen molar-refractivity contribution >= 4 is 29.1 Å². The first-order valence-electron chi connectivity index (χ1n) is 7.48. The standard InChI is InChI=1S/C16H16ClFN4O/c17-12-10-11(4-5-13(12)18)20-15(23)14-6-7-19-16(21-14)22-8-2-1-3-9-22/h4-7,10H,1-3,8-9H2,(H,20,23). The number of nitrogens with zero attached hydrogens (tertiary/aromatic N) is 3. The SMILES string of the molecule is O=C(Nc1ccc(F)c(Cl)c1)c1ccnc(N2CCCCC2)n1. The Morgan fingerprint density at radius 2 is 2.00 bits per heavy atom. The lowest BCUT2D eigenvalue weighted by molar-refractivity contribution is 0.102. The summed E-state index contributed by atoms with van der Waals surface area (Å²) in [5, 5.41) is 2.62. The van der Waals surface area contributed by atoms with Gasteiger partial charge in [-0.25, -0.2) is 14.4 Å². The molecular weight excluding hydrogens is 319 g/mol. The van der Waals surface area contributed by atoms with Crippen molar-refractivity contribution in [2.45, 2.75) is 19.3 Å². The maximum absolute atomic E-state index is 13.1. The third-order valence-electron chi connectivity index (χ3n) is 3.69. The van der Waals surface area contributed by atoms with Crippen LogP contribution in [-0.2, 0) is 0 Å². The number of carbonyl (C=O) groups is 1. The molecule has 1 amide bonds. The number of hydrogen-bond donors (Lipinski definition) is 1. The molecule has 5 nitrogen and oxygen atoms in total. The first kappa shape index (κ1) is 15.7. The molecule has 1 aliphatic rings. The summed E-state index contributed by atoms with van der Waals surface area (Å²) in [6, 6.07) is 5.57. The second kappa shape index (κ2) is 6.91. The molecule has 3 rings (SSSR count). The summed E-state index contributed by atoms with van der Waals surface area (Å²) >= 11 is 5.71. The number of nitrogens with one attached hydrogen (secondary N) is 1. The molecule has 0 unspecified atom stereocenters. The Bertz CT molecular complexity index is 719. The van der Waals surface area contributed by atoms with E-state index in [1.807, 2.05) is 0 Å². The predicted octanol–water partition coefficient (Wildman–Crippen LogP) is 3.51. The molecule has 1 N–H and O–H groups in total. The summed E-state index contributed by atoms with van der Waals surface area (Å²) in [5.74, 6) is -0.345. The number of amides is 1. The molecular formula is C16H16ClFN4O. The fourth-order valence-corrected chi connectivity index (χ4v) is 2.67. The van der Waals surface area contributed by atoms with Crippen molar-refractivity contribution in [3.8, 4) is 0 Å². The topological polar surface area (TPSA) is 58.1 Å². The summed E-state index contributed by atoms with van der Waals surface area (Å²) in [6.45, 7) is 1.80. The van der Waals surface area contributed by atoms with Gasteiger partial charge in [0.15, 0.2) is 0 Å². The van der Waals surface area contributed by atoms with E-state index in [0.29, 0.717) is 11.6 Å². The van der Waals surface area contributed by atoms with Gasteiger partial charge in [-0.2, -0.15) is 0 Å². The fraction of sp³-hybridized carbons (Fsp3) is 0.312. The third kappa shape index (κ3) is 3.76. The molecule has 2 heterocycles. The quantitative estimate of drug-likeness (QED) is 0.933. The summed E-state index contributed by atoms with van der Waals surface area (Å²) in [6.07, 6.45) is 4.99. The lowest BCUT2D eigenvalue weighted by atomic mass is 10.1. The van der Waals surface area contributed by atoms with Gasteiger partial charge in [0, 0.05) is 25.0 Å². The van der Waals surface area contributed by atoms with E-state index in [2.05, 4.69) is 20.2 Å².